The summed E-state index contributed by atoms with van der Waals surface area (Å²) < 4.78 is 25.0. The van der Waals surface area contributed by atoms with Gasteiger partial charge in [-0.1, -0.05) is 6.07 Å². The molecule has 0 radical (unpaired) electrons. The molecule has 0 saturated carbocycles. The molecule has 1 atom stereocenters. The van der Waals surface area contributed by atoms with Crippen molar-refractivity contribution in [3.63, 3.8) is 0 Å². The largest absolute Gasteiger partial charge is 0.489 e. The summed E-state index contributed by atoms with van der Waals surface area (Å²) in [6.45, 7) is 3.12. The summed E-state index contributed by atoms with van der Waals surface area (Å²) in [5.74, 6) is 1.18. The summed E-state index contributed by atoms with van der Waals surface area (Å²) in [5.41, 5.74) is 2.38. The van der Waals surface area contributed by atoms with Crippen LogP contribution in [0, 0.1) is 12.7 Å². The zero-order valence-electron chi connectivity index (χ0n) is 16.2. The number of ether oxygens (including phenoxy) is 2. The van der Waals surface area contributed by atoms with E-state index in [1.807, 2.05) is 18.2 Å². The standard InChI is InChI=1S/C20H19FN6O3/c1-12-23-25-27(24-12)9-15-10-29-19-7-14(21)3-4-17(19)26(15)8-13-2-5-18-16(6-13)22-20(28)11-30-18/h2-7,15H,8-11H2,1H3,(H,22,28)/t15-/m1/s1. The molecule has 10 heteroatoms. The van der Waals surface area contributed by atoms with Gasteiger partial charge < -0.3 is 19.7 Å². The van der Waals surface area contributed by atoms with Crippen LogP contribution in [0.1, 0.15) is 11.4 Å². The van der Waals surface area contributed by atoms with Crippen molar-refractivity contribution in [3.05, 3.63) is 53.6 Å². The van der Waals surface area contributed by atoms with Gasteiger partial charge in [-0.15, -0.1) is 10.2 Å². The number of carbonyl (C=O) groups is 1. The molecule has 3 aromatic rings. The number of halogens is 1. The average molecular weight is 410 g/mol. The normalized spacial score (nSPS) is 17.5. The molecule has 9 nitrogen and oxygen atoms in total. The molecule has 2 aromatic carbocycles. The van der Waals surface area contributed by atoms with Crippen LogP contribution in [-0.4, -0.2) is 45.4 Å². The van der Waals surface area contributed by atoms with Crippen molar-refractivity contribution in [2.45, 2.75) is 26.1 Å². The summed E-state index contributed by atoms with van der Waals surface area (Å²) in [6.07, 6.45) is 0. The van der Waals surface area contributed by atoms with Crippen LogP contribution in [0.3, 0.4) is 0 Å². The van der Waals surface area contributed by atoms with E-state index in [0.717, 1.165) is 11.3 Å². The number of carbonyl (C=O) groups excluding carboxylic acids is 1. The molecule has 0 bridgehead atoms. The van der Waals surface area contributed by atoms with Gasteiger partial charge in [0.15, 0.2) is 12.4 Å². The fourth-order valence-electron chi connectivity index (χ4n) is 3.69. The topological polar surface area (TPSA) is 94.4 Å². The summed E-state index contributed by atoms with van der Waals surface area (Å²) in [5, 5.41) is 15.1. The van der Waals surface area contributed by atoms with Crippen molar-refractivity contribution in [1.82, 2.24) is 20.2 Å². The molecule has 1 N–H and O–H groups in total. The number of hydrogen-bond donors (Lipinski definition) is 1. The number of rotatable bonds is 4. The van der Waals surface area contributed by atoms with Crippen molar-refractivity contribution < 1.29 is 18.7 Å². The van der Waals surface area contributed by atoms with Gasteiger partial charge in [0.25, 0.3) is 5.91 Å². The Hall–Kier alpha value is -3.69. The second kappa shape index (κ2) is 7.29. The summed E-state index contributed by atoms with van der Waals surface area (Å²) >= 11 is 0. The van der Waals surface area contributed by atoms with Gasteiger partial charge in [-0.3, -0.25) is 4.79 Å². The zero-order valence-corrected chi connectivity index (χ0v) is 16.2. The number of nitrogens with zero attached hydrogens (tertiary/aromatic N) is 5. The average Bonchev–Trinajstić information content (AvgIpc) is 3.14. The third kappa shape index (κ3) is 3.51. The van der Waals surface area contributed by atoms with Crippen molar-refractivity contribution in [1.29, 1.82) is 0 Å². The summed E-state index contributed by atoms with van der Waals surface area (Å²) in [4.78, 5) is 15.3. The summed E-state index contributed by atoms with van der Waals surface area (Å²) in [7, 11) is 0. The maximum absolute atomic E-state index is 13.7. The number of aryl methyl sites for hydroxylation is 1. The van der Waals surface area contributed by atoms with Gasteiger partial charge in [-0.25, -0.2) is 4.39 Å². The van der Waals surface area contributed by atoms with Crippen molar-refractivity contribution >= 4 is 17.3 Å². The molecule has 0 spiro atoms. The maximum Gasteiger partial charge on any atom is 0.262 e. The smallest absolute Gasteiger partial charge is 0.262 e. The highest BCUT2D eigenvalue weighted by molar-refractivity contribution is 5.95. The van der Waals surface area contributed by atoms with E-state index >= 15 is 0 Å². The van der Waals surface area contributed by atoms with E-state index in [2.05, 4.69) is 25.6 Å². The second-order valence-corrected chi connectivity index (χ2v) is 7.26. The van der Waals surface area contributed by atoms with Crippen LogP contribution in [0.4, 0.5) is 15.8 Å². The summed E-state index contributed by atoms with van der Waals surface area (Å²) in [6, 6.07) is 10.1. The Morgan fingerprint density at radius 2 is 2.10 bits per heavy atom. The molecular weight excluding hydrogens is 391 g/mol. The Bertz CT molecular complexity index is 1120. The molecule has 2 aliphatic heterocycles. The van der Waals surface area contributed by atoms with E-state index in [-0.39, 0.29) is 24.4 Å². The first-order valence-electron chi connectivity index (χ1n) is 9.54. The van der Waals surface area contributed by atoms with Crippen LogP contribution < -0.4 is 19.7 Å². The van der Waals surface area contributed by atoms with Crippen LogP contribution in [0.5, 0.6) is 11.5 Å². The maximum atomic E-state index is 13.7. The van der Waals surface area contributed by atoms with Gasteiger partial charge in [0, 0.05) is 12.6 Å². The highest BCUT2D eigenvalue weighted by Crippen LogP contribution is 2.37. The van der Waals surface area contributed by atoms with Crippen molar-refractivity contribution in [2.24, 2.45) is 0 Å². The number of nitrogens with one attached hydrogen (secondary N) is 1. The van der Waals surface area contributed by atoms with E-state index in [1.54, 1.807) is 13.0 Å². The van der Waals surface area contributed by atoms with Gasteiger partial charge in [0.1, 0.15) is 23.9 Å². The van der Waals surface area contributed by atoms with Crippen molar-refractivity contribution in [3.8, 4) is 11.5 Å². The van der Waals surface area contributed by atoms with Crippen LogP contribution in [0.25, 0.3) is 0 Å². The number of fused-ring (bicyclic) bond motifs is 2. The van der Waals surface area contributed by atoms with Gasteiger partial charge in [0.05, 0.1) is 24.0 Å². The van der Waals surface area contributed by atoms with E-state index in [4.69, 9.17) is 9.47 Å². The second-order valence-electron chi connectivity index (χ2n) is 7.26. The fourth-order valence-corrected chi connectivity index (χ4v) is 3.69. The lowest BCUT2D eigenvalue weighted by Crippen LogP contribution is -2.45. The molecule has 30 heavy (non-hydrogen) atoms. The van der Waals surface area contributed by atoms with Crippen LogP contribution >= 0.6 is 0 Å². The zero-order chi connectivity index (χ0) is 20.7. The molecule has 5 rings (SSSR count). The molecule has 1 aromatic heterocycles. The first-order valence-corrected chi connectivity index (χ1v) is 9.54. The quantitative estimate of drug-likeness (QED) is 0.702. The minimum atomic E-state index is -0.352. The van der Waals surface area contributed by atoms with Gasteiger partial charge in [-0.05, 0) is 42.0 Å². The first kappa shape index (κ1) is 18.3. The monoisotopic (exact) mass is 410 g/mol. The van der Waals surface area contributed by atoms with E-state index in [1.165, 1.54) is 16.9 Å². The predicted octanol–water partition coefficient (Wildman–Crippen LogP) is 1.92. The van der Waals surface area contributed by atoms with Gasteiger partial charge in [-0.2, -0.15) is 4.80 Å². The Morgan fingerprint density at radius 1 is 1.20 bits per heavy atom. The molecule has 0 unspecified atom stereocenters. The molecule has 154 valence electrons. The van der Waals surface area contributed by atoms with E-state index in [9.17, 15) is 9.18 Å². The molecular formula is C20H19FN6O3. The van der Waals surface area contributed by atoms with E-state index < -0.39 is 0 Å². The Kier molecular flexibility index (Phi) is 4.46. The molecule has 0 aliphatic carbocycles. The molecule has 2 aliphatic rings. The predicted molar refractivity (Wildman–Crippen MR) is 105 cm³/mol. The van der Waals surface area contributed by atoms with E-state index in [0.29, 0.717) is 42.7 Å². The van der Waals surface area contributed by atoms with Gasteiger partial charge in [0.2, 0.25) is 0 Å². The molecule has 3 heterocycles. The van der Waals surface area contributed by atoms with Crippen molar-refractivity contribution in [2.75, 3.05) is 23.4 Å². The lowest BCUT2D eigenvalue weighted by Gasteiger charge is -2.38. The molecule has 0 saturated heterocycles. The number of tetrazole rings is 1. The van der Waals surface area contributed by atoms with Crippen LogP contribution in [0.15, 0.2) is 36.4 Å². The Morgan fingerprint density at radius 3 is 2.93 bits per heavy atom. The minimum absolute atomic E-state index is 0.0150. The fraction of sp³-hybridized carbons (Fsp3) is 0.300. The number of hydrogen-bond acceptors (Lipinski definition) is 7. The highest BCUT2D eigenvalue weighted by Gasteiger charge is 2.29. The number of anilines is 2. The Labute approximate surface area is 171 Å². The minimum Gasteiger partial charge on any atom is -0.489 e. The lowest BCUT2D eigenvalue weighted by molar-refractivity contribution is -0.118. The SMILES string of the molecule is Cc1nnn(C[C@@H]2COc3cc(F)ccc3N2Cc2ccc3c(c2)NC(=O)CO3)n1. The van der Waals surface area contributed by atoms with Crippen LogP contribution in [-0.2, 0) is 17.9 Å². The lowest BCUT2D eigenvalue weighted by atomic mass is 10.1. The number of benzene rings is 2. The molecule has 1 amide bonds. The number of amides is 1. The first-order chi connectivity index (χ1) is 14.5. The number of aromatic nitrogens is 4. The molecule has 0 fully saturated rings. The Balaban J connectivity index is 1.47. The van der Waals surface area contributed by atoms with Crippen LogP contribution in [0.2, 0.25) is 0 Å². The highest BCUT2D eigenvalue weighted by atomic mass is 19.1. The third-order valence-electron chi connectivity index (χ3n) is 5.06. The third-order valence-corrected chi connectivity index (χ3v) is 5.06. The van der Waals surface area contributed by atoms with Gasteiger partial charge >= 0.3 is 0 Å².